The molecule has 0 aromatic carbocycles. The molecule has 1 saturated heterocycles. The van der Waals surface area contributed by atoms with Crippen molar-refractivity contribution in [3.63, 3.8) is 0 Å². The Morgan fingerprint density at radius 2 is 2.21 bits per heavy atom. The van der Waals surface area contributed by atoms with Crippen molar-refractivity contribution in [2.75, 3.05) is 39.1 Å². The second-order valence-electron chi connectivity index (χ2n) is 8.25. The van der Waals surface area contributed by atoms with Crippen LogP contribution in [0.3, 0.4) is 0 Å². The van der Waals surface area contributed by atoms with Gasteiger partial charge in [-0.1, -0.05) is 25.1 Å². The lowest BCUT2D eigenvalue weighted by molar-refractivity contribution is -0.130. The fourth-order valence-corrected chi connectivity index (χ4v) is 3.98. The van der Waals surface area contributed by atoms with Crippen LogP contribution in [0.15, 0.2) is 28.9 Å². The molecule has 1 aliphatic rings. The Hall–Kier alpha value is -2.41. The van der Waals surface area contributed by atoms with Gasteiger partial charge in [0, 0.05) is 58.5 Å². The summed E-state index contributed by atoms with van der Waals surface area (Å²) in [4.78, 5) is 21.7. The zero-order valence-corrected chi connectivity index (χ0v) is 17.5. The summed E-state index contributed by atoms with van der Waals surface area (Å²) in [5, 5.41) is 7.02. The average molecular weight is 386 g/mol. The number of amides is 1. The van der Waals surface area contributed by atoms with Crippen LogP contribution < -0.4 is 10.2 Å². The molecule has 0 radical (unpaired) electrons. The van der Waals surface area contributed by atoms with Crippen molar-refractivity contribution in [2.24, 2.45) is 5.41 Å². The van der Waals surface area contributed by atoms with Gasteiger partial charge in [0.2, 0.25) is 5.91 Å². The molecule has 1 atom stereocenters. The monoisotopic (exact) mass is 385 g/mol. The van der Waals surface area contributed by atoms with E-state index in [1.165, 1.54) is 5.56 Å². The minimum Gasteiger partial charge on any atom is -0.362 e. The Morgan fingerprint density at radius 1 is 1.43 bits per heavy atom. The molecule has 1 N–H and O–H groups in total. The van der Waals surface area contributed by atoms with E-state index in [1.807, 2.05) is 37.3 Å². The third-order valence-corrected chi connectivity index (χ3v) is 5.51. The second-order valence-corrected chi connectivity index (χ2v) is 8.25. The summed E-state index contributed by atoms with van der Waals surface area (Å²) in [5.74, 6) is 2.13. The van der Waals surface area contributed by atoms with Crippen LogP contribution in [0.2, 0.25) is 0 Å². The maximum atomic E-state index is 12.8. The summed E-state index contributed by atoms with van der Waals surface area (Å²) >= 11 is 0. The van der Waals surface area contributed by atoms with Gasteiger partial charge < -0.3 is 14.7 Å². The lowest BCUT2D eigenvalue weighted by atomic mass is 9.81. The third kappa shape index (κ3) is 4.19. The minimum absolute atomic E-state index is 0.0662. The van der Waals surface area contributed by atoms with Crippen molar-refractivity contribution in [1.29, 1.82) is 0 Å². The number of likely N-dealkylation sites (tertiary alicyclic amines) is 1. The van der Waals surface area contributed by atoms with Crippen LogP contribution >= 0.6 is 0 Å². The molecular weight excluding hydrogens is 354 g/mol. The van der Waals surface area contributed by atoms with Crippen molar-refractivity contribution >= 4 is 11.7 Å². The van der Waals surface area contributed by atoms with Gasteiger partial charge in [0.15, 0.2) is 0 Å². The molecule has 0 unspecified atom stereocenters. The van der Waals surface area contributed by atoms with E-state index in [0.717, 1.165) is 36.8 Å². The first-order chi connectivity index (χ1) is 13.3. The Labute approximate surface area is 167 Å². The van der Waals surface area contributed by atoms with Gasteiger partial charge in [0.05, 0.1) is 11.1 Å². The largest absolute Gasteiger partial charge is 0.362 e. The Morgan fingerprint density at radius 3 is 2.86 bits per heavy atom. The molecule has 0 bridgehead atoms. The summed E-state index contributed by atoms with van der Waals surface area (Å²) in [7, 11) is 5.71. The zero-order chi connectivity index (χ0) is 20.3. The molecule has 0 saturated carbocycles. The van der Waals surface area contributed by atoms with Gasteiger partial charge in [-0.15, -0.1) is 0 Å². The molecule has 1 amide bonds. The van der Waals surface area contributed by atoms with Gasteiger partial charge in [0.25, 0.3) is 0 Å². The molecule has 28 heavy (non-hydrogen) atoms. The molecule has 3 rings (SSSR count). The van der Waals surface area contributed by atoms with Crippen LogP contribution in [-0.4, -0.2) is 55.2 Å². The number of pyridine rings is 1. The van der Waals surface area contributed by atoms with E-state index in [-0.39, 0.29) is 5.91 Å². The number of anilines is 1. The Kier molecular flexibility index (Phi) is 6.03. The highest BCUT2D eigenvalue weighted by Crippen LogP contribution is 2.36. The van der Waals surface area contributed by atoms with E-state index in [0.29, 0.717) is 18.9 Å². The zero-order valence-electron chi connectivity index (χ0n) is 17.5. The first kappa shape index (κ1) is 20.3. The molecule has 1 fully saturated rings. The molecule has 1 aliphatic heterocycles. The summed E-state index contributed by atoms with van der Waals surface area (Å²) in [6.45, 7) is 6.49. The molecule has 0 aliphatic carbocycles. The predicted molar refractivity (Wildman–Crippen MR) is 109 cm³/mol. The molecule has 7 heteroatoms. The fourth-order valence-electron chi connectivity index (χ4n) is 3.98. The van der Waals surface area contributed by atoms with Crippen LogP contribution in [0.25, 0.3) is 0 Å². The number of carbonyl (C=O) groups is 1. The number of rotatable bonds is 7. The van der Waals surface area contributed by atoms with Crippen LogP contribution in [0.5, 0.6) is 0 Å². The summed E-state index contributed by atoms with van der Waals surface area (Å²) in [6.07, 6.45) is 3.17. The predicted octanol–water partition coefficient (Wildman–Crippen LogP) is 2.44. The summed E-state index contributed by atoms with van der Waals surface area (Å²) < 4.78 is 5.55. The van der Waals surface area contributed by atoms with E-state index in [1.54, 1.807) is 7.05 Å². The maximum absolute atomic E-state index is 12.8. The van der Waals surface area contributed by atoms with Crippen molar-refractivity contribution in [3.05, 3.63) is 41.4 Å². The summed E-state index contributed by atoms with van der Waals surface area (Å²) in [6, 6.07) is 6.06. The maximum Gasteiger partial charge on any atom is 0.227 e. The molecule has 3 heterocycles. The van der Waals surface area contributed by atoms with Crippen LogP contribution in [0.4, 0.5) is 5.82 Å². The van der Waals surface area contributed by atoms with Crippen LogP contribution in [0.1, 0.15) is 43.2 Å². The fraction of sp³-hybridized carbons (Fsp3) is 0.571. The number of aromatic nitrogens is 2. The van der Waals surface area contributed by atoms with E-state index < -0.39 is 5.41 Å². The summed E-state index contributed by atoms with van der Waals surface area (Å²) in [5.41, 5.74) is 1.60. The van der Waals surface area contributed by atoms with Gasteiger partial charge in [0.1, 0.15) is 11.6 Å². The van der Waals surface area contributed by atoms with Gasteiger partial charge >= 0.3 is 0 Å². The quantitative estimate of drug-likeness (QED) is 0.789. The third-order valence-electron chi connectivity index (χ3n) is 5.51. The lowest BCUT2D eigenvalue weighted by Gasteiger charge is -2.27. The first-order valence-electron chi connectivity index (χ1n) is 9.86. The van der Waals surface area contributed by atoms with Crippen molar-refractivity contribution < 1.29 is 9.32 Å². The Bertz CT molecular complexity index is 817. The van der Waals surface area contributed by atoms with Gasteiger partial charge in [-0.2, -0.15) is 0 Å². The lowest BCUT2D eigenvalue weighted by Crippen LogP contribution is -2.43. The van der Waals surface area contributed by atoms with E-state index >= 15 is 0 Å². The van der Waals surface area contributed by atoms with Crippen LogP contribution in [-0.2, 0) is 17.8 Å². The van der Waals surface area contributed by atoms with Crippen molar-refractivity contribution in [1.82, 2.24) is 20.4 Å². The topological polar surface area (TPSA) is 74.5 Å². The highest BCUT2D eigenvalue weighted by molar-refractivity contribution is 5.83. The van der Waals surface area contributed by atoms with E-state index in [4.69, 9.17) is 4.52 Å². The number of nitrogens with one attached hydrogen (secondary N) is 1. The van der Waals surface area contributed by atoms with Crippen LogP contribution in [0, 0.1) is 5.41 Å². The van der Waals surface area contributed by atoms with Crippen molar-refractivity contribution in [2.45, 2.75) is 39.2 Å². The molecular formula is C21H31N5O2. The molecule has 7 nitrogen and oxygen atoms in total. The minimum atomic E-state index is -0.497. The Balaban J connectivity index is 1.78. The SMILES string of the molecule is CNC(=O)[C@@]1(Cc2cc(C(C)C)no2)CCN(Cc2cccnc2N(C)C)C1. The average Bonchev–Trinajstić information content (AvgIpc) is 3.29. The van der Waals surface area contributed by atoms with Gasteiger partial charge in [-0.25, -0.2) is 4.98 Å². The first-order valence-corrected chi connectivity index (χ1v) is 9.86. The molecule has 2 aromatic rings. The standard InChI is InChI=1S/C21H31N5O2/c1-15(2)18-11-17(28-24-18)12-21(20(27)22-3)8-10-26(14-21)13-16-7-6-9-23-19(16)25(4)5/h6-7,9,11,15H,8,10,12-14H2,1-5H3,(H,22,27)/t21-/m1/s1. The van der Waals surface area contributed by atoms with Crippen molar-refractivity contribution in [3.8, 4) is 0 Å². The normalized spacial score (nSPS) is 19.9. The smallest absolute Gasteiger partial charge is 0.227 e. The molecule has 0 spiro atoms. The second kappa shape index (κ2) is 8.31. The number of carbonyl (C=O) groups excluding carboxylic acids is 1. The molecule has 2 aromatic heterocycles. The number of hydrogen-bond donors (Lipinski definition) is 1. The van der Waals surface area contributed by atoms with Gasteiger partial charge in [-0.05, 0) is 24.9 Å². The van der Waals surface area contributed by atoms with Gasteiger partial charge in [-0.3, -0.25) is 9.69 Å². The van der Waals surface area contributed by atoms with E-state index in [2.05, 4.69) is 40.3 Å². The molecule has 152 valence electrons. The number of hydrogen-bond acceptors (Lipinski definition) is 6. The highest BCUT2D eigenvalue weighted by atomic mass is 16.5. The highest BCUT2D eigenvalue weighted by Gasteiger charge is 2.45. The van der Waals surface area contributed by atoms with E-state index in [9.17, 15) is 4.79 Å². The number of nitrogens with zero attached hydrogens (tertiary/aromatic N) is 4.